The van der Waals surface area contributed by atoms with E-state index in [4.69, 9.17) is 4.74 Å². The van der Waals surface area contributed by atoms with Gasteiger partial charge in [-0.3, -0.25) is 0 Å². The summed E-state index contributed by atoms with van der Waals surface area (Å²) in [6.45, 7) is 12.4. The van der Waals surface area contributed by atoms with Crippen molar-refractivity contribution in [1.82, 2.24) is 19.4 Å². The quantitative estimate of drug-likeness (QED) is 0.473. The molecular weight excluding hydrogens is 450 g/mol. The molecule has 0 atom stereocenters. The largest absolute Gasteiger partial charge is 0.449 e. The SMILES string of the molecule is CCCOC(=O)N1CCN(c2ccnn3cc(-c4ccc(C5CCN(C(C)C)CC5)cc4)cc23)CC1. The van der Waals surface area contributed by atoms with Gasteiger partial charge in [-0.25, -0.2) is 9.31 Å². The second-order valence-electron chi connectivity index (χ2n) is 10.4. The number of piperidine rings is 1. The van der Waals surface area contributed by atoms with E-state index in [0.29, 0.717) is 31.7 Å². The number of carbonyl (C=O) groups is 1. The molecule has 1 aromatic carbocycles. The van der Waals surface area contributed by atoms with Crippen LogP contribution < -0.4 is 4.90 Å². The van der Waals surface area contributed by atoms with Crippen LogP contribution >= 0.6 is 0 Å². The number of benzene rings is 1. The minimum Gasteiger partial charge on any atom is -0.449 e. The fourth-order valence-corrected chi connectivity index (χ4v) is 5.53. The molecule has 7 heteroatoms. The number of piperazine rings is 1. The Morgan fingerprint density at radius 3 is 2.39 bits per heavy atom. The van der Waals surface area contributed by atoms with E-state index in [-0.39, 0.29) is 6.09 Å². The Balaban J connectivity index is 1.27. The average molecular weight is 490 g/mol. The van der Waals surface area contributed by atoms with E-state index in [2.05, 4.69) is 71.3 Å². The number of ether oxygens (including phenoxy) is 1. The number of carbonyl (C=O) groups excluding carboxylic acids is 1. The zero-order chi connectivity index (χ0) is 25.1. The van der Waals surface area contributed by atoms with Gasteiger partial charge in [0.15, 0.2) is 0 Å². The number of nitrogens with zero attached hydrogens (tertiary/aromatic N) is 5. The third-order valence-electron chi connectivity index (χ3n) is 7.77. The van der Waals surface area contributed by atoms with E-state index in [1.54, 1.807) is 0 Å². The highest BCUT2D eigenvalue weighted by Gasteiger charge is 2.24. The average Bonchev–Trinajstić information content (AvgIpc) is 3.36. The van der Waals surface area contributed by atoms with Crippen LogP contribution in [0, 0.1) is 0 Å². The predicted octanol–water partition coefficient (Wildman–Crippen LogP) is 5.26. The zero-order valence-corrected chi connectivity index (χ0v) is 21.9. The summed E-state index contributed by atoms with van der Waals surface area (Å²) < 4.78 is 7.28. The summed E-state index contributed by atoms with van der Waals surface area (Å²) in [6.07, 6.45) is 7.11. The highest BCUT2D eigenvalue weighted by atomic mass is 16.6. The summed E-state index contributed by atoms with van der Waals surface area (Å²) >= 11 is 0. The van der Waals surface area contributed by atoms with Crippen LogP contribution in [0.25, 0.3) is 16.6 Å². The minimum absolute atomic E-state index is 0.199. The van der Waals surface area contributed by atoms with Gasteiger partial charge in [-0.2, -0.15) is 5.10 Å². The molecule has 2 aliphatic rings. The Hall–Kier alpha value is -3.06. The Labute approximate surface area is 214 Å². The zero-order valence-electron chi connectivity index (χ0n) is 21.9. The Morgan fingerprint density at radius 1 is 1.00 bits per heavy atom. The van der Waals surface area contributed by atoms with Gasteiger partial charge in [-0.15, -0.1) is 0 Å². The van der Waals surface area contributed by atoms with Gasteiger partial charge in [0.2, 0.25) is 0 Å². The van der Waals surface area contributed by atoms with E-state index in [0.717, 1.165) is 30.7 Å². The van der Waals surface area contributed by atoms with E-state index < -0.39 is 0 Å². The highest BCUT2D eigenvalue weighted by Crippen LogP contribution is 2.32. The number of hydrogen-bond donors (Lipinski definition) is 0. The fraction of sp³-hybridized carbons (Fsp3) is 0.517. The molecule has 7 nitrogen and oxygen atoms in total. The maximum absolute atomic E-state index is 12.2. The summed E-state index contributed by atoms with van der Waals surface area (Å²) in [5, 5.41) is 4.57. The lowest BCUT2D eigenvalue weighted by molar-refractivity contribution is 0.100. The number of hydrogen-bond acceptors (Lipinski definition) is 5. The van der Waals surface area contributed by atoms with Gasteiger partial charge in [-0.05, 0) is 75.4 Å². The molecule has 2 fully saturated rings. The molecule has 2 aromatic heterocycles. The topological polar surface area (TPSA) is 53.3 Å². The molecule has 1 amide bonds. The van der Waals surface area contributed by atoms with Gasteiger partial charge in [-0.1, -0.05) is 31.2 Å². The first kappa shape index (κ1) is 24.6. The van der Waals surface area contributed by atoms with Crippen LogP contribution in [0.1, 0.15) is 51.5 Å². The predicted molar refractivity (Wildman–Crippen MR) is 145 cm³/mol. The smallest absolute Gasteiger partial charge is 0.409 e. The molecule has 36 heavy (non-hydrogen) atoms. The Morgan fingerprint density at radius 2 is 1.72 bits per heavy atom. The van der Waals surface area contributed by atoms with Crippen LogP contribution in [0.3, 0.4) is 0 Å². The summed E-state index contributed by atoms with van der Waals surface area (Å²) in [5.41, 5.74) is 6.11. The van der Waals surface area contributed by atoms with Crippen LogP contribution in [-0.4, -0.2) is 77.4 Å². The number of likely N-dealkylation sites (tertiary alicyclic amines) is 1. The lowest BCUT2D eigenvalue weighted by atomic mass is 9.88. The van der Waals surface area contributed by atoms with Crippen molar-refractivity contribution >= 4 is 17.3 Å². The Kier molecular flexibility index (Phi) is 7.46. The summed E-state index contributed by atoms with van der Waals surface area (Å²) in [7, 11) is 0. The maximum Gasteiger partial charge on any atom is 0.409 e. The molecule has 2 saturated heterocycles. The first-order chi connectivity index (χ1) is 17.5. The van der Waals surface area contributed by atoms with Crippen LogP contribution in [0.5, 0.6) is 0 Å². The van der Waals surface area contributed by atoms with Gasteiger partial charge in [0.1, 0.15) is 0 Å². The number of anilines is 1. The molecule has 192 valence electrons. The summed E-state index contributed by atoms with van der Waals surface area (Å²) in [4.78, 5) is 18.9. The van der Waals surface area contributed by atoms with Crippen molar-refractivity contribution < 1.29 is 9.53 Å². The summed E-state index contributed by atoms with van der Waals surface area (Å²) in [5.74, 6) is 0.661. The lowest BCUT2D eigenvalue weighted by Gasteiger charge is -2.35. The van der Waals surface area contributed by atoms with Crippen molar-refractivity contribution in [1.29, 1.82) is 0 Å². The van der Waals surface area contributed by atoms with E-state index >= 15 is 0 Å². The van der Waals surface area contributed by atoms with Crippen molar-refractivity contribution in [2.45, 2.75) is 52.0 Å². The molecule has 5 rings (SSSR count). The second-order valence-corrected chi connectivity index (χ2v) is 10.4. The highest BCUT2D eigenvalue weighted by molar-refractivity contribution is 5.80. The van der Waals surface area contributed by atoms with Gasteiger partial charge < -0.3 is 19.4 Å². The standard InChI is InChI=1S/C29H39N5O2/c1-4-19-36-29(35)33-17-15-32(16-18-33)27-9-12-30-34-21-26(20-28(27)34)24-7-5-23(6-8-24)25-10-13-31(14-11-25)22(2)3/h5-9,12,20-22,25H,4,10-11,13-19H2,1-3H3. The monoisotopic (exact) mass is 489 g/mol. The van der Waals surface area contributed by atoms with Gasteiger partial charge in [0.25, 0.3) is 0 Å². The van der Waals surface area contributed by atoms with E-state index in [9.17, 15) is 4.79 Å². The maximum atomic E-state index is 12.2. The minimum atomic E-state index is -0.199. The molecule has 0 saturated carbocycles. The van der Waals surface area contributed by atoms with Crippen molar-refractivity contribution in [3.8, 4) is 11.1 Å². The van der Waals surface area contributed by atoms with Crippen molar-refractivity contribution in [3.05, 3.63) is 54.4 Å². The van der Waals surface area contributed by atoms with Gasteiger partial charge in [0.05, 0.1) is 17.8 Å². The number of rotatable bonds is 6. The normalized spacial score (nSPS) is 17.8. The molecule has 0 aliphatic carbocycles. The second kappa shape index (κ2) is 10.9. The lowest BCUT2D eigenvalue weighted by Crippen LogP contribution is -2.49. The van der Waals surface area contributed by atoms with Crippen molar-refractivity contribution in [2.24, 2.45) is 0 Å². The molecule has 0 radical (unpaired) electrons. The van der Waals surface area contributed by atoms with Crippen LogP contribution in [0.4, 0.5) is 10.5 Å². The molecule has 0 N–H and O–H groups in total. The number of aromatic nitrogens is 2. The molecule has 0 spiro atoms. The van der Waals surface area contributed by atoms with Gasteiger partial charge in [0, 0.05) is 50.2 Å². The first-order valence-electron chi connectivity index (χ1n) is 13.5. The first-order valence-corrected chi connectivity index (χ1v) is 13.5. The van der Waals surface area contributed by atoms with Crippen LogP contribution in [0.15, 0.2) is 48.8 Å². The van der Waals surface area contributed by atoms with E-state index in [1.165, 1.54) is 42.6 Å². The van der Waals surface area contributed by atoms with Crippen LogP contribution in [0.2, 0.25) is 0 Å². The molecule has 4 heterocycles. The van der Waals surface area contributed by atoms with E-state index in [1.807, 2.05) is 22.5 Å². The molecule has 0 bridgehead atoms. The van der Waals surface area contributed by atoms with Crippen LogP contribution in [-0.2, 0) is 4.74 Å². The number of amides is 1. The van der Waals surface area contributed by atoms with Crippen molar-refractivity contribution in [2.75, 3.05) is 50.8 Å². The molecular formula is C29H39N5O2. The number of fused-ring (bicyclic) bond motifs is 1. The fourth-order valence-electron chi connectivity index (χ4n) is 5.53. The van der Waals surface area contributed by atoms with Crippen molar-refractivity contribution in [3.63, 3.8) is 0 Å². The molecule has 0 unspecified atom stereocenters. The molecule has 2 aliphatic heterocycles. The summed E-state index contributed by atoms with van der Waals surface area (Å²) in [6, 6.07) is 14.1. The Bertz CT molecular complexity index is 1160. The van der Waals surface area contributed by atoms with Gasteiger partial charge >= 0.3 is 6.09 Å². The molecule has 3 aromatic rings. The third kappa shape index (κ3) is 5.21. The third-order valence-corrected chi connectivity index (χ3v) is 7.77.